The molecule has 2 aromatic carbocycles. The Bertz CT molecular complexity index is 998. The molecule has 5 heteroatoms. The maximum atomic E-state index is 12.8. The molecule has 0 saturated carbocycles. The van der Waals surface area contributed by atoms with Crippen LogP contribution in [0.3, 0.4) is 0 Å². The predicted octanol–water partition coefficient (Wildman–Crippen LogP) is 3.72. The van der Waals surface area contributed by atoms with Crippen LogP contribution in [0.2, 0.25) is 0 Å². The fraction of sp³-hybridized carbons (Fsp3) is 0.333. The van der Waals surface area contributed by atoms with E-state index in [0.717, 1.165) is 40.7 Å². The molecule has 1 aromatic heterocycles. The quantitative estimate of drug-likeness (QED) is 0.736. The number of aromatic nitrogens is 2. The number of imidazole rings is 1. The van der Waals surface area contributed by atoms with Crippen molar-refractivity contribution in [3.05, 3.63) is 64.1 Å². The van der Waals surface area contributed by atoms with Gasteiger partial charge in [-0.1, -0.05) is 44.2 Å². The van der Waals surface area contributed by atoms with Crippen LogP contribution < -0.4 is 11.0 Å². The Labute approximate surface area is 153 Å². The molecule has 0 unspecified atom stereocenters. The highest BCUT2D eigenvalue weighted by atomic mass is 16.2. The van der Waals surface area contributed by atoms with Gasteiger partial charge in [-0.2, -0.15) is 0 Å². The summed E-state index contributed by atoms with van der Waals surface area (Å²) in [4.78, 5) is 25.5. The van der Waals surface area contributed by atoms with Crippen molar-refractivity contribution in [1.82, 2.24) is 9.13 Å². The molecule has 0 radical (unpaired) electrons. The third-order valence-electron chi connectivity index (χ3n) is 4.68. The van der Waals surface area contributed by atoms with E-state index in [9.17, 15) is 9.59 Å². The molecule has 3 aromatic rings. The van der Waals surface area contributed by atoms with Crippen molar-refractivity contribution in [2.24, 2.45) is 0 Å². The first-order chi connectivity index (χ1) is 12.6. The van der Waals surface area contributed by atoms with Gasteiger partial charge < -0.3 is 5.32 Å². The second-order valence-electron chi connectivity index (χ2n) is 6.52. The minimum atomic E-state index is -0.185. The maximum absolute atomic E-state index is 12.8. The molecular formula is C21H25N3O2. The fourth-order valence-electron chi connectivity index (χ4n) is 3.39. The van der Waals surface area contributed by atoms with Crippen LogP contribution in [0.25, 0.3) is 11.0 Å². The Morgan fingerprint density at radius 1 is 1.00 bits per heavy atom. The van der Waals surface area contributed by atoms with Crippen LogP contribution in [-0.4, -0.2) is 15.0 Å². The van der Waals surface area contributed by atoms with Gasteiger partial charge in [0.05, 0.1) is 11.0 Å². The van der Waals surface area contributed by atoms with Crippen molar-refractivity contribution in [3.63, 3.8) is 0 Å². The van der Waals surface area contributed by atoms with Crippen LogP contribution in [0.4, 0.5) is 5.69 Å². The Balaban J connectivity index is 1.94. The van der Waals surface area contributed by atoms with E-state index in [1.54, 1.807) is 9.13 Å². The van der Waals surface area contributed by atoms with Crippen LogP contribution in [0.1, 0.15) is 31.4 Å². The normalized spacial score (nSPS) is 11.0. The summed E-state index contributed by atoms with van der Waals surface area (Å²) in [7, 11) is 0. The number of carbonyl (C=O) groups is 1. The van der Waals surface area contributed by atoms with Gasteiger partial charge in [0.25, 0.3) is 0 Å². The standard InChI is InChI=1S/C21H25N3O2/c1-4-13-23-17-11-6-7-12-18(17)24(21(23)26)14-19(25)22-20-15(3)9-8-10-16(20)5-2/h6-12H,4-5,13-14H2,1-3H3,(H,22,25). The summed E-state index contributed by atoms with van der Waals surface area (Å²) in [5.74, 6) is -0.185. The van der Waals surface area contributed by atoms with Crippen molar-refractivity contribution >= 4 is 22.6 Å². The molecule has 5 nitrogen and oxygen atoms in total. The third kappa shape index (κ3) is 3.29. The molecule has 0 atom stereocenters. The highest BCUT2D eigenvalue weighted by Gasteiger charge is 2.16. The maximum Gasteiger partial charge on any atom is 0.329 e. The van der Waals surface area contributed by atoms with Gasteiger partial charge in [0.15, 0.2) is 0 Å². The lowest BCUT2D eigenvalue weighted by Crippen LogP contribution is -2.29. The zero-order chi connectivity index (χ0) is 18.7. The van der Waals surface area contributed by atoms with E-state index in [1.807, 2.05) is 56.3 Å². The third-order valence-corrected chi connectivity index (χ3v) is 4.68. The molecule has 0 bridgehead atoms. The second-order valence-corrected chi connectivity index (χ2v) is 6.52. The van der Waals surface area contributed by atoms with Gasteiger partial charge in [-0.15, -0.1) is 0 Å². The summed E-state index contributed by atoms with van der Waals surface area (Å²) < 4.78 is 3.30. The van der Waals surface area contributed by atoms with Crippen molar-refractivity contribution in [2.45, 2.75) is 46.7 Å². The van der Waals surface area contributed by atoms with Crippen molar-refractivity contribution in [1.29, 1.82) is 0 Å². The Morgan fingerprint density at radius 2 is 1.69 bits per heavy atom. The SMILES string of the molecule is CCCn1c(=O)n(CC(=O)Nc2c(C)cccc2CC)c2ccccc21. The lowest BCUT2D eigenvalue weighted by atomic mass is 10.1. The molecule has 0 aliphatic carbocycles. The molecule has 1 N–H and O–H groups in total. The first kappa shape index (κ1) is 18.0. The number of fused-ring (bicyclic) bond motifs is 1. The van der Waals surface area contributed by atoms with Gasteiger partial charge in [-0.05, 0) is 43.0 Å². The molecule has 1 heterocycles. The largest absolute Gasteiger partial charge is 0.329 e. The lowest BCUT2D eigenvalue weighted by molar-refractivity contribution is -0.116. The van der Waals surface area contributed by atoms with E-state index in [4.69, 9.17) is 0 Å². The zero-order valence-electron chi connectivity index (χ0n) is 15.6. The molecule has 1 amide bonds. The number of benzene rings is 2. The van der Waals surface area contributed by atoms with Crippen LogP contribution in [0.15, 0.2) is 47.3 Å². The monoisotopic (exact) mass is 351 g/mol. The number of anilines is 1. The summed E-state index contributed by atoms with van der Waals surface area (Å²) in [5, 5.41) is 3.00. The zero-order valence-corrected chi connectivity index (χ0v) is 15.6. The minimum absolute atomic E-state index is 0.00749. The van der Waals surface area contributed by atoms with Crippen LogP contribution >= 0.6 is 0 Å². The molecule has 0 spiro atoms. The number of nitrogens with one attached hydrogen (secondary N) is 1. The van der Waals surface area contributed by atoms with Crippen molar-refractivity contribution in [3.8, 4) is 0 Å². The molecular weight excluding hydrogens is 326 g/mol. The van der Waals surface area contributed by atoms with Gasteiger partial charge in [0.1, 0.15) is 6.54 Å². The number of aryl methyl sites for hydroxylation is 3. The number of hydrogen-bond donors (Lipinski definition) is 1. The Morgan fingerprint density at radius 3 is 2.35 bits per heavy atom. The van der Waals surface area contributed by atoms with Crippen molar-refractivity contribution in [2.75, 3.05) is 5.32 Å². The summed E-state index contributed by atoms with van der Waals surface area (Å²) in [6.45, 7) is 6.73. The van der Waals surface area contributed by atoms with E-state index in [1.165, 1.54) is 0 Å². The number of nitrogens with zero attached hydrogens (tertiary/aromatic N) is 2. The number of hydrogen-bond acceptors (Lipinski definition) is 2. The fourth-order valence-corrected chi connectivity index (χ4v) is 3.39. The lowest BCUT2D eigenvalue weighted by Gasteiger charge is -2.13. The number of amides is 1. The molecule has 0 fully saturated rings. The van der Waals surface area contributed by atoms with Gasteiger partial charge in [0.2, 0.25) is 5.91 Å². The van der Waals surface area contributed by atoms with E-state index in [-0.39, 0.29) is 18.1 Å². The molecule has 3 rings (SSSR count). The highest BCUT2D eigenvalue weighted by Crippen LogP contribution is 2.21. The Kier molecular flexibility index (Phi) is 5.26. The Hall–Kier alpha value is -2.82. The van der Waals surface area contributed by atoms with E-state index >= 15 is 0 Å². The van der Waals surface area contributed by atoms with Crippen LogP contribution in [-0.2, 0) is 24.3 Å². The first-order valence-electron chi connectivity index (χ1n) is 9.13. The summed E-state index contributed by atoms with van der Waals surface area (Å²) in [6, 6.07) is 13.6. The smallest absolute Gasteiger partial charge is 0.324 e. The van der Waals surface area contributed by atoms with Crippen LogP contribution in [0.5, 0.6) is 0 Å². The van der Waals surface area contributed by atoms with Gasteiger partial charge in [-0.25, -0.2) is 4.79 Å². The van der Waals surface area contributed by atoms with Gasteiger partial charge in [-0.3, -0.25) is 13.9 Å². The molecule has 0 saturated heterocycles. The van der Waals surface area contributed by atoms with E-state index < -0.39 is 0 Å². The van der Waals surface area contributed by atoms with E-state index in [2.05, 4.69) is 12.2 Å². The summed E-state index contributed by atoms with van der Waals surface area (Å²) in [5.41, 5.74) is 4.51. The number of carbonyl (C=O) groups excluding carboxylic acids is 1. The average molecular weight is 351 g/mol. The average Bonchev–Trinajstić information content (AvgIpc) is 2.90. The van der Waals surface area contributed by atoms with Crippen molar-refractivity contribution < 1.29 is 4.79 Å². The van der Waals surface area contributed by atoms with Gasteiger partial charge in [0, 0.05) is 12.2 Å². The topological polar surface area (TPSA) is 56.0 Å². The molecule has 0 aliphatic rings. The van der Waals surface area contributed by atoms with Crippen LogP contribution in [0, 0.1) is 6.92 Å². The summed E-state index contributed by atoms with van der Waals surface area (Å²) >= 11 is 0. The van der Waals surface area contributed by atoms with E-state index in [0.29, 0.717) is 6.54 Å². The summed E-state index contributed by atoms with van der Waals surface area (Å²) in [6.07, 6.45) is 1.70. The first-order valence-corrected chi connectivity index (χ1v) is 9.13. The predicted molar refractivity (Wildman–Crippen MR) is 106 cm³/mol. The highest BCUT2D eigenvalue weighted by molar-refractivity contribution is 5.93. The van der Waals surface area contributed by atoms with Gasteiger partial charge >= 0.3 is 5.69 Å². The number of rotatable bonds is 6. The molecule has 26 heavy (non-hydrogen) atoms. The second kappa shape index (κ2) is 7.60. The minimum Gasteiger partial charge on any atom is -0.324 e. The molecule has 136 valence electrons. The molecule has 0 aliphatic heterocycles. The number of para-hydroxylation sites is 3.